The highest BCUT2D eigenvalue weighted by Gasteiger charge is 1.96. The fourth-order valence-corrected chi connectivity index (χ4v) is 1.89. The summed E-state index contributed by atoms with van der Waals surface area (Å²) in [6.07, 6.45) is 6.91. The van der Waals surface area contributed by atoms with Gasteiger partial charge in [-0.05, 0) is 22.4 Å². The van der Waals surface area contributed by atoms with Gasteiger partial charge in [0.2, 0.25) is 0 Å². The largest absolute Gasteiger partial charge is 0.225 e. The van der Waals surface area contributed by atoms with Crippen molar-refractivity contribution >= 4 is 22.9 Å². The van der Waals surface area contributed by atoms with Crippen molar-refractivity contribution in [2.75, 3.05) is 0 Å². The Kier molecular flexibility index (Phi) is 2.80. The minimum absolute atomic E-state index is 0.665. The standard InChI is InChI=1S/C15H11N3/c1-2-7-14-12(4-1)5-3-6-13(14)8-9-15-17-10-16-11-18-15/h1-11H. The quantitative estimate of drug-likeness (QED) is 0.682. The van der Waals surface area contributed by atoms with Gasteiger partial charge in [0.25, 0.3) is 0 Å². The predicted molar refractivity (Wildman–Crippen MR) is 72.7 cm³/mol. The maximum absolute atomic E-state index is 4.06. The lowest BCUT2D eigenvalue weighted by molar-refractivity contribution is 1.03. The van der Waals surface area contributed by atoms with Crippen LogP contribution < -0.4 is 0 Å². The molecule has 3 heteroatoms. The van der Waals surface area contributed by atoms with Crippen LogP contribution in [0.1, 0.15) is 11.4 Å². The fourth-order valence-electron chi connectivity index (χ4n) is 1.89. The van der Waals surface area contributed by atoms with E-state index in [1.807, 2.05) is 24.3 Å². The molecule has 0 saturated heterocycles. The minimum Gasteiger partial charge on any atom is -0.225 e. The van der Waals surface area contributed by atoms with Crippen LogP contribution in [0.25, 0.3) is 22.9 Å². The van der Waals surface area contributed by atoms with Crippen LogP contribution in [0.15, 0.2) is 55.1 Å². The first-order chi connectivity index (χ1) is 8.93. The average molecular weight is 233 g/mol. The van der Waals surface area contributed by atoms with E-state index in [2.05, 4.69) is 45.3 Å². The Hall–Kier alpha value is -2.55. The smallest absolute Gasteiger partial charge is 0.155 e. The first-order valence-electron chi connectivity index (χ1n) is 5.71. The maximum atomic E-state index is 4.06. The zero-order valence-corrected chi connectivity index (χ0v) is 9.69. The fraction of sp³-hybridized carbons (Fsp3) is 0. The summed E-state index contributed by atoms with van der Waals surface area (Å²) in [6, 6.07) is 14.5. The number of benzene rings is 2. The maximum Gasteiger partial charge on any atom is 0.155 e. The summed E-state index contributed by atoms with van der Waals surface area (Å²) >= 11 is 0. The van der Waals surface area contributed by atoms with Crippen molar-refractivity contribution < 1.29 is 0 Å². The van der Waals surface area contributed by atoms with E-state index < -0.39 is 0 Å². The van der Waals surface area contributed by atoms with Gasteiger partial charge < -0.3 is 0 Å². The molecule has 0 fully saturated rings. The summed E-state index contributed by atoms with van der Waals surface area (Å²) in [5.41, 5.74) is 1.16. The molecule has 0 bridgehead atoms. The van der Waals surface area contributed by atoms with Gasteiger partial charge >= 0.3 is 0 Å². The van der Waals surface area contributed by atoms with Crippen LogP contribution in [0.5, 0.6) is 0 Å². The van der Waals surface area contributed by atoms with Crippen LogP contribution in [0, 0.1) is 0 Å². The molecule has 0 amide bonds. The van der Waals surface area contributed by atoms with Gasteiger partial charge in [-0.25, -0.2) is 15.0 Å². The number of fused-ring (bicyclic) bond motifs is 1. The number of rotatable bonds is 2. The Labute approximate surface area is 105 Å². The van der Waals surface area contributed by atoms with Crippen LogP contribution in [-0.2, 0) is 0 Å². The molecular formula is C15H11N3. The topological polar surface area (TPSA) is 38.7 Å². The highest BCUT2D eigenvalue weighted by atomic mass is 15.0. The lowest BCUT2D eigenvalue weighted by atomic mass is 10.0. The van der Waals surface area contributed by atoms with E-state index >= 15 is 0 Å². The number of aromatic nitrogens is 3. The molecule has 0 aliphatic heterocycles. The summed E-state index contributed by atoms with van der Waals surface area (Å²) in [7, 11) is 0. The van der Waals surface area contributed by atoms with Gasteiger partial charge in [-0.15, -0.1) is 0 Å². The third-order valence-electron chi connectivity index (χ3n) is 2.75. The van der Waals surface area contributed by atoms with Crippen LogP contribution in [0.3, 0.4) is 0 Å². The monoisotopic (exact) mass is 233 g/mol. The van der Waals surface area contributed by atoms with Crippen molar-refractivity contribution in [3.63, 3.8) is 0 Å². The number of hydrogen-bond acceptors (Lipinski definition) is 3. The Bertz CT molecular complexity index is 685. The number of nitrogens with zero attached hydrogens (tertiary/aromatic N) is 3. The van der Waals surface area contributed by atoms with Crippen LogP contribution in [0.2, 0.25) is 0 Å². The SMILES string of the molecule is C(=Cc1cccc2ccccc12)c1ncncn1. The Balaban J connectivity index is 2.03. The molecule has 3 rings (SSSR count). The van der Waals surface area contributed by atoms with Crippen molar-refractivity contribution in [1.82, 2.24) is 15.0 Å². The third kappa shape index (κ3) is 2.11. The highest BCUT2D eigenvalue weighted by molar-refractivity contribution is 5.92. The summed E-state index contributed by atoms with van der Waals surface area (Å²) in [4.78, 5) is 11.9. The normalized spacial score (nSPS) is 11.1. The van der Waals surface area contributed by atoms with Gasteiger partial charge in [0.05, 0.1) is 0 Å². The van der Waals surface area contributed by atoms with Gasteiger partial charge in [-0.3, -0.25) is 0 Å². The summed E-state index contributed by atoms with van der Waals surface area (Å²) in [6.45, 7) is 0. The van der Waals surface area contributed by atoms with Gasteiger partial charge in [0, 0.05) is 0 Å². The van der Waals surface area contributed by atoms with E-state index in [0.717, 1.165) is 5.56 Å². The molecule has 1 aromatic heterocycles. The molecule has 86 valence electrons. The summed E-state index contributed by atoms with van der Waals surface area (Å²) < 4.78 is 0. The van der Waals surface area contributed by atoms with E-state index in [1.54, 1.807) is 0 Å². The molecule has 0 atom stereocenters. The third-order valence-corrected chi connectivity index (χ3v) is 2.75. The number of hydrogen-bond donors (Lipinski definition) is 0. The van der Waals surface area contributed by atoms with Gasteiger partial charge in [0.15, 0.2) is 5.82 Å². The zero-order chi connectivity index (χ0) is 12.2. The lowest BCUT2D eigenvalue weighted by Crippen LogP contribution is -1.86. The second-order valence-corrected chi connectivity index (χ2v) is 3.90. The van der Waals surface area contributed by atoms with Gasteiger partial charge in [-0.1, -0.05) is 48.5 Å². The van der Waals surface area contributed by atoms with Crippen LogP contribution >= 0.6 is 0 Å². The van der Waals surface area contributed by atoms with Crippen molar-refractivity contribution in [3.05, 3.63) is 66.5 Å². The van der Waals surface area contributed by atoms with Gasteiger partial charge in [0.1, 0.15) is 12.7 Å². The van der Waals surface area contributed by atoms with E-state index in [-0.39, 0.29) is 0 Å². The first kappa shape index (κ1) is 10.6. The second-order valence-electron chi connectivity index (χ2n) is 3.90. The molecule has 0 spiro atoms. The van der Waals surface area contributed by atoms with E-state index in [0.29, 0.717) is 5.82 Å². The van der Waals surface area contributed by atoms with Crippen LogP contribution in [0.4, 0.5) is 0 Å². The molecule has 1 heterocycles. The molecule has 3 aromatic rings. The molecule has 0 unspecified atom stereocenters. The molecule has 0 saturated carbocycles. The molecule has 0 radical (unpaired) electrons. The first-order valence-corrected chi connectivity index (χ1v) is 5.71. The molecule has 18 heavy (non-hydrogen) atoms. The Morgan fingerprint density at radius 3 is 2.44 bits per heavy atom. The summed E-state index contributed by atoms with van der Waals surface area (Å²) in [5.74, 6) is 0.665. The van der Waals surface area contributed by atoms with Crippen molar-refractivity contribution in [3.8, 4) is 0 Å². The van der Waals surface area contributed by atoms with E-state index in [9.17, 15) is 0 Å². The Morgan fingerprint density at radius 1 is 0.778 bits per heavy atom. The lowest BCUT2D eigenvalue weighted by Gasteiger charge is -2.01. The van der Waals surface area contributed by atoms with Crippen molar-refractivity contribution in [1.29, 1.82) is 0 Å². The molecule has 0 aliphatic carbocycles. The molecular weight excluding hydrogens is 222 g/mol. The van der Waals surface area contributed by atoms with E-state index in [1.165, 1.54) is 23.4 Å². The molecule has 0 N–H and O–H groups in total. The molecule has 0 aliphatic rings. The minimum atomic E-state index is 0.665. The average Bonchev–Trinajstić information content (AvgIpc) is 2.46. The second kappa shape index (κ2) is 4.75. The molecule has 2 aromatic carbocycles. The van der Waals surface area contributed by atoms with Crippen molar-refractivity contribution in [2.24, 2.45) is 0 Å². The Morgan fingerprint density at radius 2 is 1.56 bits per heavy atom. The highest BCUT2D eigenvalue weighted by Crippen LogP contribution is 2.19. The van der Waals surface area contributed by atoms with Crippen LogP contribution in [-0.4, -0.2) is 15.0 Å². The van der Waals surface area contributed by atoms with Crippen molar-refractivity contribution in [2.45, 2.75) is 0 Å². The van der Waals surface area contributed by atoms with Gasteiger partial charge in [-0.2, -0.15) is 0 Å². The zero-order valence-electron chi connectivity index (χ0n) is 9.69. The molecule has 3 nitrogen and oxygen atoms in total. The predicted octanol–water partition coefficient (Wildman–Crippen LogP) is 3.20. The summed E-state index contributed by atoms with van der Waals surface area (Å²) in [5, 5.41) is 2.46. The van der Waals surface area contributed by atoms with E-state index in [4.69, 9.17) is 0 Å².